The van der Waals surface area contributed by atoms with E-state index in [1.165, 1.54) is 37.7 Å². The van der Waals surface area contributed by atoms with Gasteiger partial charge in [0.15, 0.2) is 0 Å². The fraction of sp³-hybridized carbons (Fsp3) is 0.733. The third-order valence-electron chi connectivity index (χ3n) is 9.92. The Morgan fingerprint density at radius 2 is 1.77 bits per heavy atom. The molecule has 2 saturated heterocycles. The highest BCUT2D eigenvalue weighted by molar-refractivity contribution is 5.80. The van der Waals surface area contributed by atoms with Crippen LogP contribution in [0.5, 0.6) is 0 Å². The summed E-state index contributed by atoms with van der Waals surface area (Å²) in [4.78, 5) is 30.5. The van der Waals surface area contributed by atoms with Crippen molar-refractivity contribution in [1.82, 2.24) is 9.80 Å². The summed E-state index contributed by atoms with van der Waals surface area (Å²) >= 11 is 0. The lowest BCUT2D eigenvalue weighted by molar-refractivity contribution is -0.167. The highest BCUT2D eigenvalue weighted by Gasteiger charge is 2.57. The summed E-state index contributed by atoms with van der Waals surface area (Å²) in [6.45, 7) is 4.47. The van der Waals surface area contributed by atoms with Crippen molar-refractivity contribution in [3.05, 3.63) is 35.9 Å². The van der Waals surface area contributed by atoms with Gasteiger partial charge in [0, 0.05) is 43.3 Å². The van der Waals surface area contributed by atoms with E-state index in [9.17, 15) is 14.7 Å². The molecule has 0 aromatic heterocycles. The van der Waals surface area contributed by atoms with E-state index < -0.39 is 5.60 Å². The molecule has 1 aromatic rings. The summed E-state index contributed by atoms with van der Waals surface area (Å²) in [6, 6.07) is 10.3. The lowest BCUT2D eigenvalue weighted by atomic mass is 9.65. The topological polar surface area (TPSA) is 60.9 Å². The fourth-order valence-electron chi connectivity index (χ4n) is 7.81. The van der Waals surface area contributed by atoms with E-state index >= 15 is 0 Å². The molecule has 2 saturated carbocycles. The minimum absolute atomic E-state index is 0.0644. The number of hydrogen-bond acceptors (Lipinski definition) is 3. The number of hydrogen-bond donors (Lipinski definition) is 1. The van der Waals surface area contributed by atoms with E-state index in [1.54, 1.807) is 0 Å². The van der Waals surface area contributed by atoms with Gasteiger partial charge in [-0.15, -0.1) is 0 Å². The summed E-state index contributed by atoms with van der Waals surface area (Å²) in [6.07, 6.45) is 12.7. The largest absolute Gasteiger partial charge is 0.387 e. The number of likely N-dealkylation sites (tertiary alicyclic amines) is 2. The van der Waals surface area contributed by atoms with Gasteiger partial charge in [0.05, 0.1) is 12.1 Å². The number of rotatable bonds is 6. The Labute approximate surface area is 211 Å². The highest BCUT2D eigenvalue weighted by Crippen LogP contribution is 2.52. The van der Waals surface area contributed by atoms with E-state index in [-0.39, 0.29) is 29.1 Å². The van der Waals surface area contributed by atoms with Gasteiger partial charge >= 0.3 is 0 Å². The first-order chi connectivity index (χ1) is 16.9. The number of aliphatic hydroxyl groups is 1. The Morgan fingerprint density at radius 1 is 1.06 bits per heavy atom. The average Bonchev–Trinajstić information content (AvgIpc) is 3.49. The van der Waals surface area contributed by atoms with Crippen molar-refractivity contribution < 1.29 is 14.7 Å². The lowest BCUT2D eigenvalue weighted by Crippen LogP contribution is -2.64. The number of piperidine rings is 1. The summed E-state index contributed by atoms with van der Waals surface area (Å²) in [7, 11) is 0. The Balaban J connectivity index is 1.25. The molecule has 4 fully saturated rings. The molecule has 2 amide bonds. The maximum atomic E-state index is 13.5. The van der Waals surface area contributed by atoms with Gasteiger partial charge in [-0.25, -0.2) is 0 Å². The van der Waals surface area contributed by atoms with Crippen LogP contribution in [-0.2, 0) is 9.59 Å². The van der Waals surface area contributed by atoms with Crippen molar-refractivity contribution in [3.63, 3.8) is 0 Å². The molecule has 1 aromatic carbocycles. The molecular weight excluding hydrogens is 436 g/mol. The second kappa shape index (κ2) is 10.2. The van der Waals surface area contributed by atoms with Crippen LogP contribution >= 0.6 is 0 Å². The summed E-state index contributed by atoms with van der Waals surface area (Å²) in [5.41, 5.74) is 0.0170. The van der Waals surface area contributed by atoms with E-state index in [0.717, 1.165) is 32.1 Å². The minimum atomic E-state index is -0.909. The van der Waals surface area contributed by atoms with E-state index in [1.807, 2.05) is 23.1 Å². The molecule has 3 atom stereocenters. The van der Waals surface area contributed by atoms with E-state index in [0.29, 0.717) is 44.9 Å². The van der Waals surface area contributed by atoms with Crippen molar-refractivity contribution in [1.29, 1.82) is 0 Å². The predicted octanol–water partition coefficient (Wildman–Crippen LogP) is 5.13. The number of carbonyl (C=O) groups is 2. The number of carbonyl (C=O) groups excluding carboxylic acids is 2. The van der Waals surface area contributed by atoms with Crippen LogP contribution in [0.4, 0.5) is 0 Å². The van der Waals surface area contributed by atoms with Gasteiger partial charge < -0.3 is 14.9 Å². The highest BCUT2D eigenvalue weighted by atomic mass is 16.3. The molecule has 2 aliphatic carbocycles. The van der Waals surface area contributed by atoms with Gasteiger partial charge in [-0.1, -0.05) is 82.2 Å². The lowest BCUT2D eigenvalue weighted by Gasteiger charge is -2.53. The van der Waals surface area contributed by atoms with Crippen LogP contribution in [-0.4, -0.2) is 58.5 Å². The molecule has 4 aliphatic rings. The minimum Gasteiger partial charge on any atom is -0.387 e. The molecule has 1 spiro atoms. The number of benzene rings is 1. The molecule has 5 nitrogen and oxygen atoms in total. The van der Waals surface area contributed by atoms with Crippen molar-refractivity contribution >= 4 is 11.8 Å². The molecule has 0 bridgehead atoms. The van der Waals surface area contributed by atoms with Crippen molar-refractivity contribution in [2.45, 2.75) is 95.5 Å². The standard InChI is InChI=1S/C30H44N2O3/c1-23(18-24-10-4-2-5-11-24)28(34)31-17-16-30(35,29(21-31)14-8-9-15-29)22-32-20-26(19-27(32)33)25-12-6-3-7-13-25/h3,6-7,12-13,23-24,26,35H,2,4-5,8-11,14-22H2,1H3/t23?,26-,30+/m0/s1. The molecule has 5 rings (SSSR count). The van der Waals surface area contributed by atoms with Gasteiger partial charge in [0.1, 0.15) is 0 Å². The normalized spacial score (nSPS) is 30.2. The number of β-amino-alcohol motifs (C(OH)–C–C–N with tert-alkyl or cyclic N) is 1. The molecule has 1 unspecified atom stereocenters. The number of nitrogens with zero attached hydrogens (tertiary/aromatic N) is 2. The third-order valence-corrected chi connectivity index (χ3v) is 9.92. The van der Waals surface area contributed by atoms with Gasteiger partial charge in [0.25, 0.3) is 0 Å². The second-order valence-corrected chi connectivity index (χ2v) is 12.3. The molecule has 2 aliphatic heterocycles. The van der Waals surface area contributed by atoms with Crippen LogP contribution < -0.4 is 0 Å². The van der Waals surface area contributed by atoms with E-state index in [4.69, 9.17) is 0 Å². The van der Waals surface area contributed by atoms with Gasteiger partial charge in [-0.2, -0.15) is 0 Å². The SMILES string of the molecule is CC(CC1CCCCC1)C(=O)N1CC[C@@](O)(CN2C[C@@H](c3ccccc3)CC2=O)C2(CCCC2)C1. The molecule has 5 heteroatoms. The molecule has 192 valence electrons. The first-order valence-corrected chi connectivity index (χ1v) is 14.2. The van der Waals surface area contributed by atoms with Crippen LogP contribution in [0.15, 0.2) is 30.3 Å². The Morgan fingerprint density at radius 3 is 2.49 bits per heavy atom. The maximum absolute atomic E-state index is 13.5. The predicted molar refractivity (Wildman–Crippen MR) is 138 cm³/mol. The average molecular weight is 481 g/mol. The van der Waals surface area contributed by atoms with Crippen molar-refractivity contribution in [2.24, 2.45) is 17.3 Å². The first kappa shape index (κ1) is 24.8. The molecule has 1 N–H and O–H groups in total. The Kier molecular flexibility index (Phi) is 7.25. The molecular formula is C30H44N2O3. The van der Waals surface area contributed by atoms with Crippen molar-refractivity contribution in [2.75, 3.05) is 26.2 Å². The van der Waals surface area contributed by atoms with Crippen LogP contribution in [0, 0.1) is 17.3 Å². The van der Waals surface area contributed by atoms with Crippen LogP contribution in [0.3, 0.4) is 0 Å². The zero-order valence-electron chi connectivity index (χ0n) is 21.6. The third kappa shape index (κ3) is 5.03. The summed E-state index contributed by atoms with van der Waals surface area (Å²) in [5.74, 6) is 1.40. The maximum Gasteiger partial charge on any atom is 0.225 e. The molecule has 2 heterocycles. The molecule has 35 heavy (non-hydrogen) atoms. The van der Waals surface area contributed by atoms with Gasteiger partial charge in [-0.05, 0) is 37.2 Å². The fourth-order valence-corrected chi connectivity index (χ4v) is 7.81. The first-order valence-electron chi connectivity index (χ1n) is 14.2. The summed E-state index contributed by atoms with van der Waals surface area (Å²) in [5, 5.41) is 12.1. The molecule has 0 radical (unpaired) electrons. The van der Waals surface area contributed by atoms with Crippen LogP contribution in [0.25, 0.3) is 0 Å². The Hall–Kier alpha value is -1.88. The van der Waals surface area contributed by atoms with Crippen LogP contribution in [0.2, 0.25) is 0 Å². The van der Waals surface area contributed by atoms with Gasteiger partial charge in [-0.3, -0.25) is 9.59 Å². The Bertz CT molecular complexity index is 890. The summed E-state index contributed by atoms with van der Waals surface area (Å²) < 4.78 is 0. The quantitative estimate of drug-likeness (QED) is 0.614. The zero-order valence-corrected chi connectivity index (χ0v) is 21.6. The van der Waals surface area contributed by atoms with Gasteiger partial charge in [0.2, 0.25) is 11.8 Å². The zero-order chi connectivity index (χ0) is 24.5. The van der Waals surface area contributed by atoms with Crippen LogP contribution in [0.1, 0.15) is 95.5 Å². The van der Waals surface area contributed by atoms with Crippen molar-refractivity contribution in [3.8, 4) is 0 Å². The number of amides is 2. The van der Waals surface area contributed by atoms with E-state index in [2.05, 4.69) is 24.0 Å². The second-order valence-electron chi connectivity index (χ2n) is 12.3. The monoisotopic (exact) mass is 480 g/mol. The smallest absolute Gasteiger partial charge is 0.225 e.